The van der Waals surface area contributed by atoms with Crippen molar-refractivity contribution in [2.75, 3.05) is 33.8 Å². The fourth-order valence-corrected chi connectivity index (χ4v) is 1.34. The maximum absolute atomic E-state index is 5.40. The molecule has 0 N–H and O–H groups in total. The summed E-state index contributed by atoms with van der Waals surface area (Å²) in [6.07, 6.45) is 0.453. The van der Waals surface area contributed by atoms with E-state index in [1.54, 1.807) is 0 Å². The van der Waals surface area contributed by atoms with Gasteiger partial charge in [0.15, 0.2) is 0 Å². The van der Waals surface area contributed by atoms with Crippen LogP contribution in [-0.2, 0) is 4.74 Å². The molecule has 0 radical (unpaired) electrons. The van der Waals surface area contributed by atoms with Crippen LogP contribution in [0.5, 0.6) is 0 Å². The van der Waals surface area contributed by atoms with Crippen molar-refractivity contribution < 1.29 is 26.2 Å². The van der Waals surface area contributed by atoms with E-state index in [-0.39, 0.29) is 17.0 Å². The van der Waals surface area contributed by atoms with Crippen LogP contribution in [0.1, 0.15) is 6.92 Å². The first-order valence-electron chi connectivity index (χ1n) is 3.54. The molecule has 0 aromatic carbocycles. The number of rotatable bonds is 0. The number of hydrogen-bond acceptors (Lipinski definition) is 1. The van der Waals surface area contributed by atoms with E-state index < -0.39 is 0 Å². The van der Waals surface area contributed by atoms with Gasteiger partial charge in [0.25, 0.3) is 0 Å². The van der Waals surface area contributed by atoms with Gasteiger partial charge in [-0.05, 0) is 6.92 Å². The van der Waals surface area contributed by atoms with Gasteiger partial charge in [-0.3, -0.25) is 0 Å². The van der Waals surface area contributed by atoms with Crippen LogP contribution < -0.4 is 17.0 Å². The summed E-state index contributed by atoms with van der Waals surface area (Å²) in [5.41, 5.74) is 0. The van der Waals surface area contributed by atoms with E-state index in [9.17, 15) is 0 Å². The molecule has 3 heteroatoms. The predicted octanol–water partition coefficient (Wildman–Crippen LogP) is -2.51. The van der Waals surface area contributed by atoms with Gasteiger partial charge in [0.2, 0.25) is 0 Å². The van der Waals surface area contributed by atoms with Crippen molar-refractivity contribution in [3.05, 3.63) is 0 Å². The zero-order valence-corrected chi connectivity index (χ0v) is 8.52. The highest BCUT2D eigenvalue weighted by atomic mass is 79.9. The number of halogens is 1. The molecule has 62 valence electrons. The lowest BCUT2D eigenvalue weighted by Gasteiger charge is -2.36. The Labute approximate surface area is 73.5 Å². The number of likely N-dealkylation sites (N-methyl/N-ethyl adjacent to an activating group) is 1. The molecular formula is C7H16BrNO. The first-order chi connectivity index (χ1) is 4.10. The van der Waals surface area contributed by atoms with Gasteiger partial charge in [-0.25, -0.2) is 0 Å². The molecule has 1 aliphatic rings. The second kappa shape index (κ2) is 3.69. The molecule has 1 aliphatic heterocycles. The molecule has 1 atom stereocenters. The molecule has 1 saturated heterocycles. The third-order valence-electron chi connectivity index (χ3n) is 1.85. The molecule has 0 spiro atoms. The molecule has 1 rings (SSSR count). The minimum Gasteiger partial charge on any atom is -1.00 e. The number of nitrogens with zero attached hydrogens (tertiary/aromatic N) is 1. The van der Waals surface area contributed by atoms with Crippen LogP contribution in [0.2, 0.25) is 0 Å². The summed E-state index contributed by atoms with van der Waals surface area (Å²) >= 11 is 0. The summed E-state index contributed by atoms with van der Waals surface area (Å²) in [5, 5.41) is 0. The quantitative estimate of drug-likeness (QED) is 0.401. The van der Waals surface area contributed by atoms with Gasteiger partial charge < -0.3 is 26.2 Å². The lowest BCUT2D eigenvalue weighted by atomic mass is 10.3. The monoisotopic (exact) mass is 209 g/mol. The second-order valence-corrected chi connectivity index (χ2v) is 3.52. The van der Waals surface area contributed by atoms with Crippen molar-refractivity contribution in [2.24, 2.45) is 0 Å². The Morgan fingerprint density at radius 2 is 2.00 bits per heavy atom. The van der Waals surface area contributed by atoms with E-state index in [1.807, 2.05) is 0 Å². The van der Waals surface area contributed by atoms with Crippen LogP contribution in [0.3, 0.4) is 0 Å². The Kier molecular flexibility index (Phi) is 3.84. The van der Waals surface area contributed by atoms with Gasteiger partial charge in [0, 0.05) is 0 Å². The number of ether oxygens (including phenoxy) is 1. The van der Waals surface area contributed by atoms with Crippen molar-refractivity contribution >= 4 is 0 Å². The fraction of sp³-hybridized carbons (Fsp3) is 1.00. The number of hydrogen-bond donors (Lipinski definition) is 0. The topological polar surface area (TPSA) is 9.23 Å². The summed E-state index contributed by atoms with van der Waals surface area (Å²) in [6.45, 7) is 5.37. The molecule has 0 aromatic rings. The van der Waals surface area contributed by atoms with Crippen LogP contribution in [0, 0.1) is 0 Å². The van der Waals surface area contributed by atoms with Crippen LogP contribution in [0.4, 0.5) is 0 Å². The highest BCUT2D eigenvalue weighted by molar-refractivity contribution is 4.52. The molecule has 0 saturated carbocycles. The smallest absolute Gasteiger partial charge is 0.105 e. The van der Waals surface area contributed by atoms with Crippen LogP contribution >= 0.6 is 0 Å². The standard InChI is InChI=1S/C7H16NO.BrH/c1-7-6-8(2,3)4-5-9-7;/h7H,4-6H2,1-3H3;1H/q+1;/p-1. The lowest BCUT2D eigenvalue weighted by molar-refractivity contribution is -0.901. The van der Waals surface area contributed by atoms with Gasteiger partial charge in [0.05, 0.1) is 20.7 Å². The van der Waals surface area contributed by atoms with E-state index in [1.165, 1.54) is 0 Å². The molecular weight excluding hydrogens is 194 g/mol. The lowest BCUT2D eigenvalue weighted by Crippen LogP contribution is -3.00. The van der Waals surface area contributed by atoms with E-state index in [0.29, 0.717) is 6.10 Å². The van der Waals surface area contributed by atoms with Gasteiger partial charge >= 0.3 is 0 Å². The first-order valence-corrected chi connectivity index (χ1v) is 3.54. The first kappa shape index (κ1) is 10.4. The Morgan fingerprint density at radius 3 is 2.30 bits per heavy atom. The zero-order valence-electron chi connectivity index (χ0n) is 6.93. The molecule has 0 bridgehead atoms. The highest BCUT2D eigenvalue weighted by Gasteiger charge is 2.24. The summed E-state index contributed by atoms with van der Waals surface area (Å²) < 4.78 is 6.51. The molecule has 0 amide bonds. The Bertz CT molecular complexity index is 106. The molecule has 1 unspecified atom stereocenters. The second-order valence-electron chi connectivity index (χ2n) is 3.52. The highest BCUT2D eigenvalue weighted by Crippen LogP contribution is 2.07. The van der Waals surface area contributed by atoms with Crippen molar-refractivity contribution in [1.82, 2.24) is 0 Å². The average Bonchev–Trinajstić information content (AvgIpc) is 1.60. The van der Waals surface area contributed by atoms with Crippen LogP contribution in [0.15, 0.2) is 0 Å². The maximum atomic E-state index is 5.40. The molecule has 2 nitrogen and oxygen atoms in total. The number of quaternary nitrogens is 1. The maximum Gasteiger partial charge on any atom is 0.105 e. The van der Waals surface area contributed by atoms with E-state index in [0.717, 1.165) is 24.2 Å². The summed E-state index contributed by atoms with van der Waals surface area (Å²) in [7, 11) is 4.50. The largest absolute Gasteiger partial charge is 1.00 e. The fourth-order valence-electron chi connectivity index (χ4n) is 1.34. The summed E-state index contributed by atoms with van der Waals surface area (Å²) in [5.74, 6) is 0. The van der Waals surface area contributed by atoms with Gasteiger partial charge in [0.1, 0.15) is 19.2 Å². The minimum atomic E-state index is 0. The zero-order chi connectivity index (χ0) is 6.91. The van der Waals surface area contributed by atoms with E-state index in [2.05, 4.69) is 21.0 Å². The normalized spacial score (nSPS) is 30.9. The van der Waals surface area contributed by atoms with Crippen molar-refractivity contribution in [1.29, 1.82) is 0 Å². The van der Waals surface area contributed by atoms with E-state index >= 15 is 0 Å². The number of morpholine rings is 1. The van der Waals surface area contributed by atoms with Gasteiger partial charge in [-0.2, -0.15) is 0 Å². The molecule has 1 fully saturated rings. The Balaban J connectivity index is 0.000000810. The average molecular weight is 210 g/mol. The third kappa shape index (κ3) is 2.99. The van der Waals surface area contributed by atoms with Crippen molar-refractivity contribution in [2.45, 2.75) is 13.0 Å². The van der Waals surface area contributed by atoms with Crippen LogP contribution in [-0.4, -0.2) is 44.4 Å². The van der Waals surface area contributed by atoms with Gasteiger partial charge in [-0.1, -0.05) is 0 Å². The molecule has 0 aliphatic carbocycles. The van der Waals surface area contributed by atoms with Crippen molar-refractivity contribution in [3.8, 4) is 0 Å². The summed E-state index contributed by atoms with van der Waals surface area (Å²) in [4.78, 5) is 0. The third-order valence-corrected chi connectivity index (χ3v) is 1.85. The minimum absolute atomic E-state index is 0. The SMILES string of the molecule is CC1C[N+](C)(C)CCO1.[Br-]. The van der Waals surface area contributed by atoms with E-state index in [4.69, 9.17) is 4.74 Å². The molecule has 0 aromatic heterocycles. The van der Waals surface area contributed by atoms with Crippen LogP contribution in [0.25, 0.3) is 0 Å². The Morgan fingerprint density at radius 1 is 1.40 bits per heavy atom. The molecule has 10 heavy (non-hydrogen) atoms. The summed E-state index contributed by atoms with van der Waals surface area (Å²) in [6, 6.07) is 0. The Hall–Kier alpha value is 0.400. The predicted molar refractivity (Wildman–Crippen MR) is 37.3 cm³/mol. The van der Waals surface area contributed by atoms with Gasteiger partial charge in [-0.15, -0.1) is 0 Å². The van der Waals surface area contributed by atoms with Crippen molar-refractivity contribution in [3.63, 3.8) is 0 Å². The molecule has 1 heterocycles.